The van der Waals surface area contributed by atoms with Crippen LogP contribution in [0.4, 0.5) is 17.6 Å². The van der Waals surface area contributed by atoms with Gasteiger partial charge in [-0.3, -0.25) is 4.57 Å². The molecule has 2 aromatic carbocycles. The smallest absolute Gasteiger partial charge is 0.254 e. The second-order valence-corrected chi connectivity index (χ2v) is 10.3. The van der Waals surface area contributed by atoms with Crippen LogP contribution in [0.1, 0.15) is 11.8 Å². The SMILES string of the molecule is Nc1ncnc2c1nc(/N=N/c1c(O)c3cc(Br)ccc3n1CC=Cc1ccccc1)n2C1OC(CO)C(O)C1O. The lowest BCUT2D eigenvalue weighted by Crippen LogP contribution is -2.33. The van der Waals surface area contributed by atoms with E-state index in [0.717, 1.165) is 15.6 Å². The number of nitrogen functional groups attached to an aromatic ring is 1. The molecule has 1 saturated heterocycles. The normalized spacial score (nSPS) is 21.3. The number of hydrogen-bond acceptors (Lipinski definition) is 11. The molecule has 0 aliphatic carbocycles. The van der Waals surface area contributed by atoms with Gasteiger partial charge in [-0.15, -0.1) is 10.2 Å². The summed E-state index contributed by atoms with van der Waals surface area (Å²) in [5.74, 6) is 0.0618. The molecule has 41 heavy (non-hydrogen) atoms. The van der Waals surface area contributed by atoms with E-state index in [2.05, 4.69) is 41.1 Å². The molecule has 13 nitrogen and oxygen atoms in total. The van der Waals surface area contributed by atoms with Gasteiger partial charge >= 0.3 is 0 Å². The van der Waals surface area contributed by atoms with Crippen molar-refractivity contribution in [2.24, 2.45) is 10.2 Å². The summed E-state index contributed by atoms with van der Waals surface area (Å²) in [5, 5.41) is 51.1. The first-order valence-electron chi connectivity index (χ1n) is 12.6. The third kappa shape index (κ3) is 4.85. The number of fused-ring (bicyclic) bond motifs is 2. The van der Waals surface area contributed by atoms with Crippen LogP contribution in [-0.2, 0) is 11.3 Å². The Labute approximate surface area is 241 Å². The van der Waals surface area contributed by atoms with Gasteiger partial charge in [-0.25, -0.2) is 15.0 Å². The highest BCUT2D eigenvalue weighted by molar-refractivity contribution is 9.10. The van der Waals surface area contributed by atoms with E-state index < -0.39 is 31.1 Å². The van der Waals surface area contributed by atoms with Gasteiger partial charge < -0.3 is 35.5 Å². The number of imidazole rings is 1. The fraction of sp³-hybridized carbons (Fsp3) is 0.222. The number of anilines is 1. The maximum atomic E-state index is 11.2. The lowest BCUT2D eigenvalue weighted by atomic mass is 10.1. The molecule has 1 fully saturated rings. The Kier molecular flexibility index (Phi) is 7.23. The van der Waals surface area contributed by atoms with Crippen molar-refractivity contribution in [3.63, 3.8) is 0 Å². The molecule has 5 aromatic rings. The summed E-state index contributed by atoms with van der Waals surface area (Å²) in [4.78, 5) is 12.6. The fourth-order valence-electron chi connectivity index (χ4n) is 4.85. The van der Waals surface area contributed by atoms with Gasteiger partial charge in [0.25, 0.3) is 5.95 Å². The van der Waals surface area contributed by atoms with E-state index in [0.29, 0.717) is 11.9 Å². The molecule has 0 bridgehead atoms. The maximum absolute atomic E-state index is 11.2. The number of aliphatic hydroxyl groups excluding tert-OH is 3. The van der Waals surface area contributed by atoms with Crippen LogP contribution in [0.5, 0.6) is 5.75 Å². The highest BCUT2D eigenvalue weighted by Crippen LogP contribution is 2.41. The molecule has 1 aliphatic rings. The highest BCUT2D eigenvalue weighted by Gasteiger charge is 2.45. The van der Waals surface area contributed by atoms with Crippen molar-refractivity contribution >= 4 is 61.7 Å². The lowest BCUT2D eigenvalue weighted by Gasteiger charge is -2.17. The minimum Gasteiger partial charge on any atom is -0.504 e. The van der Waals surface area contributed by atoms with E-state index in [4.69, 9.17) is 10.5 Å². The first kappa shape index (κ1) is 27.0. The van der Waals surface area contributed by atoms with Crippen LogP contribution >= 0.6 is 15.9 Å². The summed E-state index contributed by atoms with van der Waals surface area (Å²) in [5.41, 5.74) is 8.13. The summed E-state index contributed by atoms with van der Waals surface area (Å²) in [6, 6.07) is 15.3. The monoisotopic (exact) mass is 620 g/mol. The van der Waals surface area contributed by atoms with Crippen molar-refractivity contribution in [1.29, 1.82) is 0 Å². The predicted molar refractivity (Wildman–Crippen MR) is 154 cm³/mol. The highest BCUT2D eigenvalue weighted by atomic mass is 79.9. The van der Waals surface area contributed by atoms with E-state index in [-0.39, 0.29) is 34.5 Å². The van der Waals surface area contributed by atoms with Crippen molar-refractivity contribution in [2.45, 2.75) is 31.1 Å². The number of aromatic hydroxyl groups is 1. The first-order valence-corrected chi connectivity index (χ1v) is 13.4. The van der Waals surface area contributed by atoms with E-state index in [9.17, 15) is 20.4 Å². The molecule has 0 radical (unpaired) electrons. The Hall–Kier alpha value is -4.21. The standard InChI is InChI=1S/C27H25BrN8O5/c28-15-8-9-17-16(11-15)20(38)25(35(17)10-4-7-14-5-2-1-3-6-14)33-34-27-32-19-23(29)30-13-31-24(19)36(27)26-22(40)21(39)18(12-37)41-26/h1-9,11,13,18,21-22,26,37-40H,10,12H2,(H2,29,30,31)/b7-4?,34-33+. The number of allylic oxidation sites excluding steroid dienone is 1. The van der Waals surface area contributed by atoms with Crippen LogP contribution in [-0.4, -0.2) is 69.4 Å². The molecular formula is C27H25BrN8O5. The number of rotatable bonds is 7. The predicted octanol–water partition coefficient (Wildman–Crippen LogP) is 3.57. The van der Waals surface area contributed by atoms with Gasteiger partial charge in [-0.2, -0.15) is 0 Å². The van der Waals surface area contributed by atoms with Gasteiger partial charge in [-0.05, 0) is 23.8 Å². The van der Waals surface area contributed by atoms with Gasteiger partial charge in [0.1, 0.15) is 24.6 Å². The Morgan fingerprint density at radius 3 is 2.63 bits per heavy atom. The molecule has 0 saturated carbocycles. The Morgan fingerprint density at radius 1 is 1.07 bits per heavy atom. The molecule has 0 amide bonds. The number of aromatic nitrogens is 5. The number of hydrogen-bond donors (Lipinski definition) is 5. The fourth-order valence-corrected chi connectivity index (χ4v) is 5.21. The molecule has 210 valence electrons. The van der Waals surface area contributed by atoms with E-state index >= 15 is 0 Å². The summed E-state index contributed by atoms with van der Waals surface area (Å²) in [6.45, 7) is -0.152. The van der Waals surface area contributed by atoms with Crippen molar-refractivity contribution in [3.8, 4) is 5.75 Å². The summed E-state index contributed by atoms with van der Waals surface area (Å²) < 4.78 is 9.63. The summed E-state index contributed by atoms with van der Waals surface area (Å²) in [6.07, 6.45) is 0.0736. The maximum Gasteiger partial charge on any atom is 0.254 e. The third-order valence-corrected chi connectivity index (χ3v) is 7.36. The molecule has 14 heteroatoms. The molecule has 6 rings (SSSR count). The zero-order valence-corrected chi connectivity index (χ0v) is 22.9. The minimum absolute atomic E-state index is 0.0600. The third-order valence-electron chi connectivity index (χ3n) is 6.86. The second-order valence-electron chi connectivity index (χ2n) is 9.40. The minimum atomic E-state index is -1.44. The zero-order chi connectivity index (χ0) is 28.7. The summed E-state index contributed by atoms with van der Waals surface area (Å²) >= 11 is 3.45. The van der Waals surface area contributed by atoms with Crippen LogP contribution in [0, 0.1) is 0 Å². The molecule has 6 N–H and O–H groups in total. The second kappa shape index (κ2) is 11.0. The van der Waals surface area contributed by atoms with E-state index in [1.165, 1.54) is 10.9 Å². The van der Waals surface area contributed by atoms with Crippen molar-refractivity contribution in [2.75, 3.05) is 12.3 Å². The molecular weight excluding hydrogens is 596 g/mol. The lowest BCUT2D eigenvalue weighted by molar-refractivity contribution is -0.0503. The number of halogens is 1. The van der Waals surface area contributed by atoms with Crippen molar-refractivity contribution in [1.82, 2.24) is 24.1 Å². The van der Waals surface area contributed by atoms with Crippen LogP contribution in [0.3, 0.4) is 0 Å². The van der Waals surface area contributed by atoms with Crippen LogP contribution < -0.4 is 5.73 Å². The number of benzene rings is 2. The number of ether oxygens (including phenoxy) is 1. The van der Waals surface area contributed by atoms with Crippen molar-refractivity contribution in [3.05, 3.63) is 71.0 Å². The number of nitrogens with two attached hydrogens (primary N) is 1. The first-order chi connectivity index (χ1) is 19.9. The Morgan fingerprint density at radius 2 is 1.88 bits per heavy atom. The zero-order valence-electron chi connectivity index (χ0n) is 21.4. The summed E-state index contributed by atoms with van der Waals surface area (Å²) in [7, 11) is 0. The Balaban J connectivity index is 1.46. The van der Waals surface area contributed by atoms with E-state index in [1.807, 2.05) is 54.6 Å². The largest absolute Gasteiger partial charge is 0.504 e. The molecule has 3 aromatic heterocycles. The molecule has 4 heterocycles. The number of aliphatic hydroxyl groups is 3. The average molecular weight is 621 g/mol. The van der Waals surface area contributed by atoms with Gasteiger partial charge in [0.2, 0.25) is 0 Å². The topological polar surface area (TPSA) is 189 Å². The number of azo groups is 1. The van der Waals surface area contributed by atoms with Crippen LogP contribution in [0.15, 0.2) is 75.6 Å². The van der Waals surface area contributed by atoms with Gasteiger partial charge in [0.15, 0.2) is 34.8 Å². The molecule has 1 aliphatic heterocycles. The van der Waals surface area contributed by atoms with Crippen LogP contribution in [0.25, 0.3) is 28.1 Å². The van der Waals surface area contributed by atoms with Crippen LogP contribution in [0.2, 0.25) is 0 Å². The van der Waals surface area contributed by atoms with Gasteiger partial charge in [0, 0.05) is 16.4 Å². The van der Waals surface area contributed by atoms with E-state index in [1.54, 1.807) is 10.6 Å². The Bertz CT molecular complexity index is 1790. The molecule has 4 atom stereocenters. The number of nitrogens with zero attached hydrogens (tertiary/aromatic N) is 7. The van der Waals surface area contributed by atoms with Crippen molar-refractivity contribution < 1.29 is 25.2 Å². The van der Waals surface area contributed by atoms with Gasteiger partial charge in [0.05, 0.1) is 12.1 Å². The molecule has 4 unspecified atom stereocenters. The van der Waals surface area contributed by atoms with Gasteiger partial charge in [-0.1, -0.05) is 58.4 Å². The quantitative estimate of drug-likeness (QED) is 0.169. The molecule has 0 spiro atoms. The average Bonchev–Trinajstić information content (AvgIpc) is 3.57.